The normalized spacial score (nSPS) is 18.6. The molecule has 0 fully saturated rings. The molecule has 0 amide bonds. The van der Waals surface area contributed by atoms with Crippen molar-refractivity contribution in [1.29, 1.82) is 0 Å². The van der Waals surface area contributed by atoms with Gasteiger partial charge in [-0.05, 0) is 35.9 Å². The van der Waals surface area contributed by atoms with E-state index in [0.717, 1.165) is 24.3 Å². The van der Waals surface area contributed by atoms with Gasteiger partial charge in [0.15, 0.2) is 17.7 Å². The fourth-order valence-corrected chi connectivity index (χ4v) is 2.91. The number of benzene rings is 1. The zero-order chi connectivity index (χ0) is 22.5. The Labute approximate surface area is 172 Å². The molecule has 1 heterocycles. The molecule has 1 aliphatic carbocycles. The van der Waals surface area contributed by atoms with Crippen LogP contribution in [-0.2, 0) is 6.54 Å². The van der Waals surface area contributed by atoms with Gasteiger partial charge >= 0.3 is 13.2 Å². The molecule has 166 valence electrons. The number of alkyl halides is 5. The van der Waals surface area contributed by atoms with Crippen molar-refractivity contribution in [2.75, 3.05) is 4.90 Å². The van der Waals surface area contributed by atoms with Crippen molar-refractivity contribution in [2.24, 2.45) is 0 Å². The van der Waals surface area contributed by atoms with Crippen LogP contribution >= 0.6 is 0 Å². The molecular formula is C20H16F6N2O3. The van der Waals surface area contributed by atoms with E-state index in [1.165, 1.54) is 23.4 Å². The number of aliphatic hydroxyl groups excluding tert-OH is 1. The fraction of sp³-hybridized carbons (Fsp3) is 0.250. The van der Waals surface area contributed by atoms with Crippen LogP contribution < -0.4 is 14.4 Å². The molecule has 2 aromatic rings. The van der Waals surface area contributed by atoms with Gasteiger partial charge in [-0.15, -0.1) is 0 Å². The molecular weight excluding hydrogens is 430 g/mol. The van der Waals surface area contributed by atoms with Crippen LogP contribution in [0.5, 0.6) is 11.5 Å². The minimum absolute atomic E-state index is 0.00368. The van der Waals surface area contributed by atoms with Crippen molar-refractivity contribution in [3.8, 4) is 11.5 Å². The van der Waals surface area contributed by atoms with Gasteiger partial charge < -0.3 is 19.5 Å². The highest BCUT2D eigenvalue weighted by Crippen LogP contribution is 2.37. The highest BCUT2D eigenvalue weighted by molar-refractivity contribution is 5.62. The zero-order valence-corrected chi connectivity index (χ0v) is 15.6. The second-order valence-electron chi connectivity index (χ2n) is 6.35. The third-order valence-electron chi connectivity index (χ3n) is 4.24. The van der Waals surface area contributed by atoms with Gasteiger partial charge in [0, 0.05) is 36.4 Å². The van der Waals surface area contributed by atoms with Crippen molar-refractivity contribution in [3.63, 3.8) is 0 Å². The van der Waals surface area contributed by atoms with Gasteiger partial charge in [0.1, 0.15) is 11.9 Å². The Hall–Kier alpha value is -3.21. The van der Waals surface area contributed by atoms with E-state index in [1.807, 2.05) is 0 Å². The van der Waals surface area contributed by atoms with E-state index in [-0.39, 0.29) is 17.9 Å². The summed E-state index contributed by atoms with van der Waals surface area (Å²) in [6.07, 6.45) is 0.843. The number of aromatic nitrogens is 1. The maximum Gasteiger partial charge on any atom is 0.387 e. The Morgan fingerprint density at radius 1 is 1.06 bits per heavy atom. The smallest absolute Gasteiger partial charge is 0.387 e. The Balaban J connectivity index is 2.05. The minimum Gasteiger partial charge on any atom is -0.431 e. The van der Waals surface area contributed by atoms with Crippen LogP contribution in [0.3, 0.4) is 0 Å². The number of pyridine rings is 1. The number of aliphatic hydroxyl groups is 1. The first kappa shape index (κ1) is 22.5. The predicted molar refractivity (Wildman–Crippen MR) is 98.3 cm³/mol. The van der Waals surface area contributed by atoms with Gasteiger partial charge in [-0.25, -0.2) is 8.78 Å². The Kier molecular flexibility index (Phi) is 7.06. The second kappa shape index (κ2) is 9.73. The number of allylic oxidation sites excluding steroid dienone is 1. The van der Waals surface area contributed by atoms with Crippen molar-refractivity contribution in [1.82, 2.24) is 4.98 Å². The summed E-state index contributed by atoms with van der Waals surface area (Å²) in [6, 6.07) is 6.50. The molecule has 2 unspecified atom stereocenters. The molecule has 11 heteroatoms. The number of halogens is 6. The average molecular weight is 446 g/mol. The first-order valence-corrected chi connectivity index (χ1v) is 8.85. The first-order chi connectivity index (χ1) is 14.7. The summed E-state index contributed by atoms with van der Waals surface area (Å²) in [5, 5.41) is 9.80. The third kappa shape index (κ3) is 5.69. The Morgan fingerprint density at radius 3 is 2.39 bits per heavy atom. The Bertz CT molecular complexity index is 955. The lowest BCUT2D eigenvalue weighted by Gasteiger charge is -2.30. The monoisotopic (exact) mass is 446 g/mol. The summed E-state index contributed by atoms with van der Waals surface area (Å²) in [5.41, 5.74) is 0.701. The van der Waals surface area contributed by atoms with Gasteiger partial charge in [-0.2, -0.15) is 17.6 Å². The molecule has 1 N–H and O–H groups in total. The highest BCUT2D eigenvalue weighted by Gasteiger charge is 2.29. The van der Waals surface area contributed by atoms with Gasteiger partial charge in [0.25, 0.3) is 0 Å². The molecule has 0 saturated heterocycles. The molecule has 3 rings (SSSR count). The van der Waals surface area contributed by atoms with Crippen LogP contribution in [0, 0.1) is 0 Å². The zero-order valence-electron chi connectivity index (χ0n) is 15.6. The molecule has 1 aliphatic rings. The predicted octanol–water partition coefficient (Wildman–Crippen LogP) is 4.74. The van der Waals surface area contributed by atoms with Crippen LogP contribution in [0.25, 0.3) is 0 Å². The topological polar surface area (TPSA) is 54.8 Å². The van der Waals surface area contributed by atoms with E-state index < -0.39 is 42.8 Å². The van der Waals surface area contributed by atoms with Crippen LogP contribution in [0.1, 0.15) is 5.56 Å². The van der Waals surface area contributed by atoms with Crippen molar-refractivity contribution in [2.45, 2.75) is 32.0 Å². The Morgan fingerprint density at radius 2 is 1.77 bits per heavy atom. The first-order valence-electron chi connectivity index (χ1n) is 8.85. The summed E-state index contributed by atoms with van der Waals surface area (Å²) in [7, 11) is 0. The quantitative estimate of drug-likeness (QED) is 0.594. The van der Waals surface area contributed by atoms with E-state index in [0.29, 0.717) is 5.56 Å². The third-order valence-corrected chi connectivity index (χ3v) is 4.24. The lowest BCUT2D eigenvalue weighted by atomic mass is 10.0. The molecule has 0 radical (unpaired) electrons. The molecule has 2 atom stereocenters. The standard InChI is InChI=1S/C20H16F6N2O3/c21-14-6-13(7-15(29)18(14)22)28(10-11-2-1-5-27-9-11)12-3-4-16(30-19(23)24)17(8-12)31-20(25)26/h1-9,15,18-20,29H,10H2. The van der Waals surface area contributed by atoms with E-state index in [1.54, 1.807) is 12.1 Å². The minimum atomic E-state index is -3.33. The molecule has 1 aromatic heterocycles. The number of hydrogen-bond donors (Lipinski definition) is 1. The molecule has 1 aromatic carbocycles. The van der Waals surface area contributed by atoms with Crippen molar-refractivity contribution >= 4 is 5.69 Å². The van der Waals surface area contributed by atoms with Crippen molar-refractivity contribution in [3.05, 3.63) is 72.0 Å². The van der Waals surface area contributed by atoms with E-state index in [2.05, 4.69) is 14.5 Å². The summed E-state index contributed by atoms with van der Waals surface area (Å²) < 4.78 is 86.9. The second-order valence-corrected chi connectivity index (χ2v) is 6.35. The summed E-state index contributed by atoms with van der Waals surface area (Å²) in [5.74, 6) is -2.56. The molecule has 5 nitrogen and oxygen atoms in total. The molecule has 0 aliphatic heterocycles. The van der Waals surface area contributed by atoms with E-state index >= 15 is 0 Å². The summed E-state index contributed by atoms with van der Waals surface area (Å²) in [4.78, 5) is 5.29. The van der Waals surface area contributed by atoms with E-state index in [9.17, 15) is 31.4 Å². The average Bonchev–Trinajstić information content (AvgIpc) is 2.71. The SMILES string of the molecule is OC1C=C(N(Cc2cccnc2)c2ccc(OC(F)F)c(OC(F)F)c2)C=C(F)C1F. The van der Waals surface area contributed by atoms with Gasteiger partial charge in [-0.1, -0.05) is 6.07 Å². The lowest BCUT2D eigenvalue weighted by Crippen LogP contribution is -2.30. The van der Waals surface area contributed by atoms with Crippen LogP contribution in [0.4, 0.5) is 32.0 Å². The lowest BCUT2D eigenvalue weighted by molar-refractivity contribution is -0.0692. The van der Waals surface area contributed by atoms with Crippen molar-refractivity contribution < 1.29 is 40.9 Å². The van der Waals surface area contributed by atoms with Crippen LogP contribution in [0.15, 0.2) is 66.4 Å². The fourth-order valence-electron chi connectivity index (χ4n) is 2.91. The largest absolute Gasteiger partial charge is 0.431 e. The molecule has 0 saturated carbocycles. The number of rotatable bonds is 8. The summed E-state index contributed by atoms with van der Waals surface area (Å²) >= 11 is 0. The molecule has 0 spiro atoms. The maximum absolute atomic E-state index is 14.0. The van der Waals surface area contributed by atoms with Gasteiger partial charge in [-0.3, -0.25) is 4.98 Å². The number of nitrogens with zero attached hydrogens (tertiary/aromatic N) is 2. The van der Waals surface area contributed by atoms with Crippen LogP contribution in [-0.4, -0.2) is 35.6 Å². The number of ether oxygens (including phenoxy) is 2. The maximum atomic E-state index is 14.0. The van der Waals surface area contributed by atoms with E-state index in [4.69, 9.17) is 0 Å². The number of anilines is 1. The highest BCUT2D eigenvalue weighted by atomic mass is 19.3. The molecule has 31 heavy (non-hydrogen) atoms. The van der Waals surface area contributed by atoms with Gasteiger partial charge in [0.05, 0.1) is 0 Å². The number of hydrogen-bond acceptors (Lipinski definition) is 5. The van der Waals surface area contributed by atoms with Gasteiger partial charge in [0.2, 0.25) is 0 Å². The molecule has 0 bridgehead atoms. The summed E-state index contributed by atoms with van der Waals surface area (Å²) in [6.45, 7) is -6.62. The van der Waals surface area contributed by atoms with Crippen LogP contribution in [0.2, 0.25) is 0 Å².